The van der Waals surface area contributed by atoms with Crippen molar-refractivity contribution in [3.8, 4) is 0 Å². The lowest BCUT2D eigenvalue weighted by molar-refractivity contribution is -0.704. The van der Waals surface area contributed by atoms with Crippen molar-refractivity contribution >= 4 is 29.5 Å². The summed E-state index contributed by atoms with van der Waals surface area (Å²) in [6.07, 6.45) is 6.64. The van der Waals surface area contributed by atoms with Crippen LogP contribution in [0.15, 0.2) is 72.3 Å². The van der Waals surface area contributed by atoms with Gasteiger partial charge in [-0.2, -0.15) is 0 Å². The molecule has 31 heavy (non-hydrogen) atoms. The minimum Gasteiger partial charge on any atom is -0.478 e. The summed E-state index contributed by atoms with van der Waals surface area (Å²) in [5.41, 5.74) is -0.747. The fourth-order valence-corrected chi connectivity index (χ4v) is 4.99. The highest BCUT2D eigenvalue weighted by atomic mass is 32.2. The molecule has 158 valence electrons. The molecule has 3 atom stereocenters. The number of fused-ring (bicyclic) bond motifs is 1. The molecule has 4 rings (SSSR count). The number of aromatic nitrogens is 1. The van der Waals surface area contributed by atoms with Gasteiger partial charge in [0.2, 0.25) is 5.54 Å². The first kappa shape index (κ1) is 20.7. The van der Waals surface area contributed by atoms with E-state index >= 15 is 0 Å². The Hall–Kier alpha value is -3.53. The second-order valence-corrected chi connectivity index (χ2v) is 8.34. The maximum atomic E-state index is 13.1. The fourth-order valence-electron chi connectivity index (χ4n) is 3.76. The van der Waals surface area contributed by atoms with Gasteiger partial charge in [0.1, 0.15) is 5.37 Å². The number of carboxylic acid groups (broad SMARTS) is 1. The fraction of sp³-hybridized carbons (Fsp3) is 0.238. The van der Waals surface area contributed by atoms with Crippen LogP contribution in [-0.2, 0) is 16.1 Å². The summed E-state index contributed by atoms with van der Waals surface area (Å²) < 4.78 is 1.65. The molecule has 0 bridgehead atoms. The van der Waals surface area contributed by atoms with Crippen molar-refractivity contribution in [2.75, 3.05) is 5.75 Å². The average molecular weight is 439 g/mol. The van der Waals surface area contributed by atoms with Crippen LogP contribution in [0, 0.1) is 4.91 Å². The van der Waals surface area contributed by atoms with E-state index in [0.717, 1.165) is 0 Å². The topological polar surface area (TPSA) is 120 Å². The number of rotatable bonds is 7. The number of carbonyl (C=O) groups is 3. The van der Waals surface area contributed by atoms with Gasteiger partial charge in [-0.15, -0.1) is 16.7 Å². The predicted octanol–water partition coefficient (Wildman–Crippen LogP) is 1.46. The zero-order chi connectivity index (χ0) is 22.0. The molecular weight excluding hydrogens is 420 g/mol. The normalized spacial score (nSPS) is 22.8. The Kier molecular flexibility index (Phi) is 5.55. The number of nitrogens with one attached hydrogen (secondary N) is 1. The average Bonchev–Trinajstić information content (AvgIpc) is 2.80. The number of hydrogen-bond acceptors (Lipinski definition) is 6. The second-order valence-electron chi connectivity index (χ2n) is 7.23. The van der Waals surface area contributed by atoms with E-state index in [1.165, 1.54) is 23.9 Å². The number of nitrogens with zero attached hydrogens (tertiary/aromatic N) is 3. The SMILES string of the molecule is O=NC(C(=O)N[C@]1(C[n+]2ccc(C(=O)O)cc2)C(=O)N2C=CCS[C@H]21)c1ccccc1. The van der Waals surface area contributed by atoms with Crippen molar-refractivity contribution in [1.82, 2.24) is 10.2 Å². The first-order valence-electron chi connectivity index (χ1n) is 9.49. The number of amides is 2. The molecule has 9 nitrogen and oxygen atoms in total. The first-order valence-corrected chi connectivity index (χ1v) is 10.5. The summed E-state index contributed by atoms with van der Waals surface area (Å²) in [7, 11) is 0. The number of aromatic carboxylic acids is 1. The molecule has 1 aromatic heterocycles. The Morgan fingerprint density at radius 1 is 1.26 bits per heavy atom. The molecule has 10 heteroatoms. The second kappa shape index (κ2) is 8.31. The Labute approximate surface area is 181 Å². The highest BCUT2D eigenvalue weighted by Gasteiger charge is 2.65. The molecular formula is C21H19N4O5S+. The minimum atomic E-state index is -1.29. The van der Waals surface area contributed by atoms with E-state index in [0.29, 0.717) is 11.3 Å². The molecule has 2 aliphatic rings. The van der Waals surface area contributed by atoms with Crippen molar-refractivity contribution in [2.45, 2.75) is 23.5 Å². The lowest BCUT2D eigenvalue weighted by atomic mass is 9.86. The van der Waals surface area contributed by atoms with E-state index in [1.807, 2.05) is 6.08 Å². The van der Waals surface area contributed by atoms with Crippen LogP contribution in [0.1, 0.15) is 22.0 Å². The number of carboxylic acids is 1. The maximum Gasteiger partial charge on any atom is 0.336 e. The molecule has 0 radical (unpaired) electrons. The van der Waals surface area contributed by atoms with Gasteiger partial charge in [-0.05, 0) is 5.56 Å². The summed E-state index contributed by atoms with van der Waals surface area (Å²) in [4.78, 5) is 50.3. The Balaban J connectivity index is 1.64. The molecule has 2 aromatic rings. The molecule has 1 fully saturated rings. The summed E-state index contributed by atoms with van der Waals surface area (Å²) >= 11 is 1.50. The van der Waals surface area contributed by atoms with Gasteiger partial charge in [0, 0.05) is 24.1 Å². The van der Waals surface area contributed by atoms with Gasteiger partial charge < -0.3 is 15.3 Å². The molecule has 1 aromatic carbocycles. The number of thioether (sulfide) groups is 1. The summed E-state index contributed by atoms with van der Waals surface area (Å²) in [5, 5.41) is 14.5. The molecule has 2 aliphatic heterocycles. The van der Waals surface area contributed by atoms with Crippen LogP contribution >= 0.6 is 11.8 Å². The van der Waals surface area contributed by atoms with E-state index in [4.69, 9.17) is 5.11 Å². The molecule has 3 heterocycles. The Morgan fingerprint density at radius 2 is 1.97 bits per heavy atom. The standard InChI is InChI=1S/C21H18N4O5S/c26-17(16(23-30)14-5-2-1-3-6-14)22-21(19(29)25-9-4-12-31-20(21)25)13-24-10-7-15(8-11-24)18(27)28/h1-11,16,20H,12-13H2,(H-,22,26,27,28)/p+1/t16?,20-,21+/m0/s1. The van der Waals surface area contributed by atoms with Crippen LogP contribution in [0.4, 0.5) is 0 Å². The molecule has 1 saturated heterocycles. The zero-order valence-electron chi connectivity index (χ0n) is 16.2. The third-order valence-electron chi connectivity index (χ3n) is 5.29. The number of carbonyl (C=O) groups excluding carboxylic acids is 2. The van der Waals surface area contributed by atoms with E-state index in [1.54, 1.807) is 58.4 Å². The number of pyridine rings is 1. The van der Waals surface area contributed by atoms with Gasteiger partial charge in [-0.3, -0.25) is 9.59 Å². The lowest BCUT2D eigenvalue weighted by Crippen LogP contribution is -2.82. The molecule has 0 saturated carbocycles. The van der Waals surface area contributed by atoms with Gasteiger partial charge in [0.05, 0.1) is 5.56 Å². The summed E-state index contributed by atoms with van der Waals surface area (Å²) in [5.74, 6) is -1.35. The van der Waals surface area contributed by atoms with Crippen LogP contribution in [0.3, 0.4) is 0 Å². The quantitative estimate of drug-likeness (QED) is 0.383. The number of hydrogen-bond donors (Lipinski definition) is 2. The monoisotopic (exact) mass is 439 g/mol. The molecule has 2 N–H and O–H groups in total. The lowest BCUT2D eigenvalue weighted by Gasteiger charge is -2.53. The minimum absolute atomic E-state index is 0.0832. The van der Waals surface area contributed by atoms with Crippen LogP contribution in [0.5, 0.6) is 0 Å². The number of β-lactam (4-membered cyclic amide) rings is 1. The van der Waals surface area contributed by atoms with Crippen LogP contribution in [-0.4, -0.2) is 44.5 Å². The van der Waals surface area contributed by atoms with Crippen molar-refractivity contribution in [3.05, 3.63) is 83.2 Å². The number of benzene rings is 1. The molecule has 2 amide bonds. The largest absolute Gasteiger partial charge is 0.478 e. The Bertz CT molecular complexity index is 1060. The van der Waals surface area contributed by atoms with Crippen molar-refractivity contribution in [2.24, 2.45) is 5.18 Å². The van der Waals surface area contributed by atoms with E-state index < -0.39 is 23.5 Å². The van der Waals surface area contributed by atoms with Crippen molar-refractivity contribution in [3.63, 3.8) is 0 Å². The highest BCUT2D eigenvalue weighted by Crippen LogP contribution is 2.42. The third-order valence-corrected chi connectivity index (χ3v) is 6.62. The van der Waals surface area contributed by atoms with Crippen LogP contribution in [0.2, 0.25) is 0 Å². The highest BCUT2D eigenvalue weighted by molar-refractivity contribution is 8.00. The van der Waals surface area contributed by atoms with Gasteiger partial charge in [0.25, 0.3) is 11.8 Å². The predicted molar refractivity (Wildman–Crippen MR) is 112 cm³/mol. The summed E-state index contributed by atoms with van der Waals surface area (Å²) in [6.45, 7) is 0.0832. The molecule has 0 aliphatic carbocycles. The van der Waals surface area contributed by atoms with Crippen LogP contribution in [0.25, 0.3) is 0 Å². The van der Waals surface area contributed by atoms with Crippen LogP contribution < -0.4 is 9.88 Å². The van der Waals surface area contributed by atoms with E-state index in [2.05, 4.69) is 10.5 Å². The molecule has 0 spiro atoms. The van der Waals surface area contributed by atoms with E-state index in [9.17, 15) is 19.3 Å². The van der Waals surface area contributed by atoms with E-state index in [-0.39, 0.29) is 23.4 Å². The smallest absolute Gasteiger partial charge is 0.336 e. The van der Waals surface area contributed by atoms with Crippen molar-refractivity contribution < 1.29 is 24.1 Å². The van der Waals surface area contributed by atoms with Crippen molar-refractivity contribution in [1.29, 1.82) is 0 Å². The van der Waals surface area contributed by atoms with Gasteiger partial charge in [0.15, 0.2) is 25.0 Å². The summed E-state index contributed by atoms with van der Waals surface area (Å²) in [6, 6.07) is 9.99. The third kappa shape index (κ3) is 3.70. The Morgan fingerprint density at radius 3 is 2.61 bits per heavy atom. The van der Waals surface area contributed by atoms with Gasteiger partial charge in [-0.25, -0.2) is 9.36 Å². The number of nitroso groups, excluding NO2 is 1. The van der Waals surface area contributed by atoms with Gasteiger partial charge >= 0.3 is 5.97 Å². The molecule has 1 unspecified atom stereocenters. The maximum absolute atomic E-state index is 13.1. The first-order chi connectivity index (χ1) is 15.0. The van der Waals surface area contributed by atoms with Gasteiger partial charge in [-0.1, -0.05) is 41.6 Å². The zero-order valence-corrected chi connectivity index (χ0v) is 17.1.